The average Bonchev–Trinajstić information content (AvgIpc) is 2.42. The summed E-state index contributed by atoms with van der Waals surface area (Å²) in [4.78, 5) is 28.7. The molecule has 1 atom stereocenters. The maximum Gasteiger partial charge on any atom is 0.316 e. The van der Waals surface area contributed by atoms with Crippen LogP contribution in [-0.2, 0) is 14.3 Å². The van der Waals surface area contributed by atoms with Gasteiger partial charge in [0.2, 0.25) is 0 Å². The lowest BCUT2D eigenvalue weighted by molar-refractivity contribution is -0.150. The second-order valence-corrected chi connectivity index (χ2v) is 6.11. The summed E-state index contributed by atoms with van der Waals surface area (Å²) in [6.07, 6.45) is 1.37. The van der Waals surface area contributed by atoms with Crippen LogP contribution in [0.15, 0.2) is 16.3 Å². The number of carbonyl (C=O) groups is 2. The highest BCUT2D eigenvalue weighted by molar-refractivity contribution is 6.23. The first-order valence-corrected chi connectivity index (χ1v) is 7.48. The molecule has 0 unspecified atom stereocenters. The van der Waals surface area contributed by atoms with Crippen molar-refractivity contribution in [2.24, 2.45) is 16.3 Å². The van der Waals surface area contributed by atoms with Crippen LogP contribution < -0.4 is 0 Å². The van der Waals surface area contributed by atoms with Crippen LogP contribution in [0.5, 0.6) is 0 Å². The minimum absolute atomic E-state index is 0.116. The maximum absolute atomic E-state index is 12.4. The summed E-state index contributed by atoms with van der Waals surface area (Å²) in [6.45, 7) is 5.46. The van der Waals surface area contributed by atoms with Gasteiger partial charge in [-0.05, 0) is 11.8 Å². The number of aliphatic hydroxyl groups excluding tert-OH is 2. The van der Waals surface area contributed by atoms with Crippen molar-refractivity contribution in [2.75, 3.05) is 20.3 Å². The van der Waals surface area contributed by atoms with Gasteiger partial charge in [-0.3, -0.25) is 14.6 Å². The number of aliphatic hydroxyl groups is 2. The van der Waals surface area contributed by atoms with E-state index < -0.39 is 17.3 Å². The van der Waals surface area contributed by atoms with Gasteiger partial charge in [-0.1, -0.05) is 27.2 Å². The van der Waals surface area contributed by atoms with Crippen molar-refractivity contribution >= 4 is 17.5 Å². The number of hydrogen-bond acceptors (Lipinski definition) is 6. The van der Waals surface area contributed by atoms with E-state index in [-0.39, 0.29) is 36.7 Å². The van der Waals surface area contributed by atoms with Crippen LogP contribution in [0.2, 0.25) is 0 Å². The second-order valence-electron chi connectivity index (χ2n) is 6.11. The zero-order valence-corrected chi connectivity index (χ0v) is 13.7. The summed E-state index contributed by atoms with van der Waals surface area (Å²) < 4.78 is 4.78. The van der Waals surface area contributed by atoms with E-state index in [0.717, 1.165) is 6.42 Å². The number of ether oxygens (including phenoxy) is 1. The third-order valence-electron chi connectivity index (χ3n) is 3.82. The highest BCUT2D eigenvalue weighted by Crippen LogP contribution is 2.42. The first-order valence-electron chi connectivity index (χ1n) is 7.48. The summed E-state index contributed by atoms with van der Waals surface area (Å²) in [5.41, 5.74) is -0.153. The third-order valence-corrected chi connectivity index (χ3v) is 3.82. The van der Waals surface area contributed by atoms with Crippen molar-refractivity contribution in [2.45, 2.75) is 40.0 Å². The highest BCUT2D eigenvalue weighted by Gasteiger charge is 2.47. The van der Waals surface area contributed by atoms with Gasteiger partial charge >= 0.3 is 5.97 Å². The monoisotopic (exact) mass is 311 g/mol. The minimum Gasteiger partial charge on any atom is -0.511 e. The summed E-state index contributed by atoms with van der Waals surface area (Å²) in [7, 11) is 1.26. The number of methoxy groups -OCH3 is 1. The van der Waals surface area contributed by atoms with Crippen LogP contribution in [0.25, 0.3) is 0 Å². The Kier molecular flexibility index (Phi) is 6.29. The Hall–Kier alpha value is -1.69. The first-order chi connectivity index (χ1) is 10.3. The number of ketones is 1. The molecule has 0 amide bonds. The molecule has 0 aromatic heterocycles. The molecule has 2 N–H and O–H groups in total. The van der Waals surface area contributed by atoms with Gasteiger partial charge in [0.05, 0.1) is 25.8 Å². The van der Waals surface area contributed by atoms with E-state index in [0.29, 0.717) is 12.1 Å². The van der Waals surface area contributed by atoms with Gasteiger partial charge in [-0.15, -0.1) is 0 Å². The van der Waals surface area contributed by atoms with E-state index in [4.69, 9.17) is 9.84 Å². The van der Waals surface area contributed by atoms with Gasteiger partial charge in [-0.25, -0.2) is 0 Å². The predicted molar refractivity (Wildman–Crippen MR) is 82.9 cm³/mol. The van der Waals surface area contributed by atoms with Gasteiger partial charge < -0.3 is 14.9 Å². The number of hydrogen-bond donors (Lipinski definition) is 2. The molecule has 0 aliphatic heterocycles. The van der Waals surface area contributed by atoms with Crippen LogP contribution in [-0.4, -0.2) is 47.9 Å². The predicted octanol–water partition coefficient (Wildman–Crippen LogP) is 1.82. The quantitative estimate of drug-likeness (QED) is 0.576. The van der Waals surface area contributed by atoms with Crippen LogP contribution in [0.3, 0.4) is 0 Å². The van der Waals surface area contributed by atoms with E-state index in [2.05, 4.69) is 4.99 Å². The molecule has 0 saturated carbocycles. The normalized spacial score (nSPS) is 22.0. The van der Waals surface area contributed by atoms with Crippen LogP contribution in [0, 0.1) is 11.3 Å². The fraction of sp³-hybridized carbons (Fsp3) is 0.688. The standard InChI is InChI=1S/C16H25NO5/c1-5-6-10(17-7-8-18)12-11(19)9-16(2,3)13(14(12)20)15(21)22-4/h13,18,20H,5-9H2,1-4H3/t13-/m1/s1. The topological polar surface area (TPSA) is 96.2 Å². The Morgan fingerprint density at radius 1 is 1.45 bits per heavy atom. The molecule has 0 radical (unpaired) electrons. The van der Waals surface area contributed by atoms with E-state index >= 15 is 0 Å². The molecule has 1 aliphatic rings. The Morgan fingerprint density at radius 3 is 2.59 bits per heavy atom. The smallest absolute Gasteiger partial charge is 0.316 e. The lowest BCUT2D eigenvalue weighted by Crippen LogP contribution is -2.41. The number of carbonyl (C=O) groups excluding carboxylic acids is 2. The zero-order chi connectivity index (χ0) is 16.9. The van der Waals surface area contributed by atoms with Crippen molar-refractivity contribution in [1.29, 1.82) is 0 Å². The summed E-state index contributed by atoms with van der Waals surface area (Å²) in [5, 5.41) is 19.5. The van der Waals surface area contributed by atoms with Gasteiger partial charge in [0, 0.05) is 12.1 Å². The molecule has 0 saturated heterocycles. The van der Waals surface area contributed by atoms with Gasteiger partial charge in [0.1, 0.15) is 11.7 Å². The van der Waals surface area contributed by atoms with Crippen molar-refractivity contribution in [1.82, 2.24) is 0 Å². The lowest BCUT2D eigenvalue weighted by Gasteiger charge is -2.36. The molecule has 0 fully saturated rings. The number of esters is 1. The fourth-order valence-electron chi connectivity index (χ4n) is 2.82. The SMILES string of the molecule is CCCC(=NCCO)C1=C(O)[C@H](C(=O)OC)C(C)(C)CC1=O. The van der Waals surface area contributed by atoms with Crippen molar-refractivity contribution in [3.63, 3.8) is 0 Å². The number of Topliss-reactive ketones (excluding diaryl/α,β-unsaturated/α-hetero) is 1. The second kappa shape index (κ2) is 7.54. The molecule has 1 aliphatic carbocycles. The van der Waals surface area contributed by atoms with Crippen molar-refractivity contribution < 1.29 is 24.5 Å². The molecular formula is C16H25NO5. The van der Waals surface area contributed by atoms with Crippen molar-refractivity contribution in [3.05, 3.63) is 11.3 Å². The van der Waals surface area contributed by atoms with E-state index in [9.17, 15) is 14.7 Å². The number of nitrogens with zero attached hydrogens (tertiary/aromatic N) is 1. The molecule has 0 heterocycles. The average molecular weight is 311 g/mol. The number of rotatable bonds is 6. The third kappa shape index (κ3) is 3.74. The molecule has 0 spiro atoms. The Bertz CT molecular complexity index is 505. The maximum atomic E-state index is 12.4. The largest absolute Gasteiger partial charge is 0.511 e. The molecule has 0 aromatic rings. The lowest BCUT2D eigenvalue weighted by atomic mass is 9.67. The molecule has 0 aromatic carbocycles. The molecule has 6 heteroatoms. The molecule has 6 nitrogen and oxygen atoms in total. The Labute approximate surface area is 130 Å². The van der Waals surface area contributed by atoms with Crippen LogP contribution in [0.4, 0.5) is 0 Å². The molecule has 124 valence electrons. The summed E-state index contributed by atoms with van der Waals surface area (Å²) >= 11 is 0. The summed E-state index contributed by atoms with van der Waals surface area (Å²) in [6, 6.07) is 0. The van der Waals surface area contributed by atoms with Gasteiger partial charge in [0.15, 0.2) is 5.78 Å². The number of aliphatic imine (C=N–C) groups is 1. The number of allylic oxidation sites excluding steroid dienone is 1. The zero-order valence-electron chi connectivity index (χ0n) is 13.7. The first kappa shape index (κ1) is 18.4. The molecular weight excluding hydrogens is 286 g/mol. The molecule has 1 rings (SSSR count). The van der Waals surface area contributed by atoms with E-state index in [1.165, 1.54) is 7.11 Å². The van der Waals surface area contributed by atoms with E-state index in [1.54, 1.807) is 13.8 Å². The fourth-order valence-corrected chi connectivity index (χ4v) is 2.82. The summed E-state index contributed by atoms with van der Waals surface area (Å²) in [5.74, 6) is -1.95. The van der Waals surface area contributed by atoms with Gasteiger partial charge in [-0.2, -0.15) is 0 Å². The van der Waals surface area contributed by atoms with Crippen LogP contribution in [0.1, 0.15) is 40.0 Å². The molecule has 0 bridgehead atoms. The van der Waals surface area contributed by atoms with Gasteiger partial charge in [0.25, 0.3) is 0 Å². The van der Waals surface area contributed by atoms with Crippen LogP contribution >= 0.6 is 0 Å². The minimum atomic E-state index is -0.888. The molecule has 22 heavy (non-hydrogen) atoms. The Balaban J connectivity index is 3.40. The van der Waals surface area contributed by atoms with Crippen molar-refractivity contribution in [3.8, 4) is 0 Å². The highest BCUT2D eigenvalue weighted by atomic mass is 16.5. The van der Waals surface area contributed by atoms with E-state index in [1.807, 2.05) is 6.92 Å². The Morgan fingerprint density at radius 2 is 2.09 bits per heavy atom.